The third kappa shape index (κ3) is 9.28. The van der Waals surface area contributed by atoms with Crippen LogP contribution in [0.2, 0.25) is 0 Å². The fourth-order valence-corrected chi connectivity index (χ4v) is 5.91. The number of rotatable bonds is 9. The summed E-state index contributed by atoms with van der Waals surface area (Å²) in [5.41, 5.74) is 5.65. The first kappa shape index (κ1) is 32.6. The van der Waals surface area contributed by atoms with Gasteiger partial charge in [0, 0.05) is 37.7 Å². The average Bonchev–Trinajstić information content (AvgIpc) is 2.95. The van der Waals surface area contributed by atoms with E-state index in [1.165, 1.54) is 30.3 Å². The van der Waals surface area contributed by atoms with Gasteiger partial charge in [-0.15, -0.1) is 0 Å². The van der Waals surface area contributed by atoms with Crippen molar-refractivity contribution in [3.05, 3.63) is 82.4 Å². The highest BCUT2D eigenvalue weighted by atomic mass is 32.2. The van der Waals surface area contributed by atoms with Gasteiger partial charge in [-0.05, 0) is 41.7 Å². The molecule has 42 heavy (non-hydrogen) atoms. The van der Waals surface area contributed by atoms with Gasteiger partial charge in [-0.2, -0.15) is 8.93 Å². The fraction of sp³-hybridized carbons (Fsp3) is 0.308. The number of nitrogens with one attached hydrogen (secondary N) is 3. The zero-order valence-corrected chi connectivity index (χ0v) is 24.0. The molecule has 1 unspecified atom stereocenters. The largest absolute Gasteiger partial charge is 0.370 e. The third-order valence-corrected chi connectivity index (χ3v) is 8.15. The summed E-state index contributed by atoms with van der Waals surface area (Å²) < 4.78 is 52.0. The number of nitrogens with two attached hydrogens (primary N) is 1. The number of nitro benzene ring substituents is 1. The number of nitro groups is 1. The van der Waals surface area contributed by atoms with E-state index in [1.807, 2.05) is 12.1 Å². The monoisotopic (exact) mass is 620 g/mol. The van der Waals surface area contributed by atoms with Gasteiger partial charge in [-0.1, -0.05) is 48.5 Å². The first-order valence-electron chi connectivity index (χ1n) is 12.8. The first-order valence-corrected chi connectivity index (χ1v) is 15.3. The van der Waals surface area contributed by atoms with E-state index in [4.69, 9.17) is 24.5 Å². The van der Waals surface area contributed by atoms with Gasteiger partial charge in [-0.3, -0.25) is 29.4 Å². The van der Waals surface area contributed by atoms with Crippen molar-refractivity contribution in [2.45, 2.75) is 30.2 Å². The van der Waals surface area contributed by atoms with E-state index in [-0.39, 0.29) is 41.0 Å². The fourth-order valence-electron chi connectivity index (χ4n) is 4.68. The van der Waals surface area contributed by atoms with Crippen molar-refractivity contribution in [1.29, 1.82) is 5.41 Å². The number of carbonyl (C=O) groups excluding carboxylic acids is 1. The summed E-state index contributed by atoms with van der Waals surface area (Å²) in [7, 11) is -4.15. The number of hydrogen-bond donors (Lipinski definition) is 6. The summed E-state index contributed by atoms with van der Waals surface area (Å²) >= 11 is -2.61. The van der Waals surface area contributed by atoms with Crippen LogP contribution in [0.25, 0.3) is 10.8 Å². The maximum absolute atomic E-state index is 13.4. The Kier molecular flexibility index (Phi) is 11.5. The van der Waals surface area contributed by atoms with Crippen molar-refractivity contribution in [2.75, 3.05) is 19.6 Å². The maximum Gasteiger partial charge on any atom is 0.299 e. The SMILES string of the molecule is N=C(N)N1CCCC(CNC(=O)[C@@H](Cc2ccccc2[N+](=O)[O-])NS(=O)(=O)c2ccc3ccccc3c2)C1.O=S(O)O. The molecule has 0 aromatic heterocycles. The molecule has 226 valence electrons. The molecule has 3 aromatic carbocycles. The van der Waals surface area contributed by atoms with E-state index in [0.717, 1.165) is 23.6 Å². The topological polar surface area (TPSA) is 229 Å². The van der Waals surface area contributed by atoms with E-state index in [0.29, 0.717) is 13.1 Å². The Bertz CT molecular complexity index is 1570. The Morgan fingerprint density at radius 3 is 2.45 bits per heavy atom. The molecule has 1 amide bonds. The molecule has 0 aliphatic carbocycles. The van der Waals surface area contributed by atoms with Crippen molar-refractivity contribution in [3.63, 3.8) is 0 Å². The minimum atomic E-state index is -4.15. The van der Waals surface area contributed by atoms with Gasteiger partial charge >= 0.3 is 0 Å². The van der Waals surface area contributed by atoms with E-state index in [2.05, 4.69) is 10.0 Å². The molecule has 7 N–H and O–H groups in total. The van der Waals surface area contributed by atoms with Crippen LogP contribution in [0.5, 0.6) is 0 Å². The van der Waals surface area contributed by atoms with Crippen LogP contribution in [-0.4, -0.2) is 69.1 Å². The average molecular weight is 621 g/mol. The predicted octanol–water partition coefficient (Wildman–Crippen LogP) is 2.04. The smallest absolute Gasteiger partial charge is 0.299 e. The van der Waals surface area contributed by atoms with Crippen LogP contribution in [0, 0.1) is 21.4 Å². The minimum absolute atomic E-state index is 0.0130. The van der Waals surface area contributed by atoms with Gasteiger partial charge in [0.25, 0.3) is 17.0 Å². The van der Waals surface area contributed by atoms with Gasteiger partial charge in [0.15, 0.2) is 5.96 Å². The normalized spacial score (nSPS) is 15.9. The standard InChI is InChI=1S/C26H30N6O5S.H2O3S/c27-26(28)31-13-5-6-18(17-31)16-29-25(33)23(15-21-9-3-4-10-24(21)32(34)35)30-38(36,37)22-12-11-19-7-1-2-8-20(19)14-22;1-4(2)3/h1-4,7-12,14,18,23,30H,5-6,13,15-17H2,(H3,27,28)(H,29,33);(H2,1,2,3)/t18?,23-;/m1./s1. The highest BCUT2D eigenvalue weighted by Gasteiger charge is 2.30. The number of sulfonamides is 1. The highest BCUT2D eigenvalue weighted by molar-refractivity contribution is 7.89. The molecular weight excluding hydrogens is 588 g/mol. The van der Waals surface area contributed by atoms with Crippen LogP contribution in [0.4, 0.5) is 5.69 Å². The Balaban J connectivity index is 0.00000114. The number of likely N-dealkylation sites (tertiary alicyclic amines) is 1. The Labute approximate surface area is 245 Å². The molecule has 1 aliphatic heterocycles. The van der Waals surface area contributed by atoms with Crippen LogP contribution >= 0.6 is 0 Å². The summed E-state index contributed by atoms with van der Waals surface area (Å²) in [6, 6.07) is 16.6. The summed E-state index contributed by atoms with van der Waals surface area (Å²) in [5.74, 6) is -0.591. The number of para-hydroxylation sites is 1. The maximum atomic E-state index is 13.4. The molecule has 1 heterocycles. The molecule has 3 aromatic rings. The number of amides is 1. The molecule has 0 spiro atoms. The van der Waals surface area contributed by atoms with Gasteiger partial charge in [-0.25, -0.2) is 8.42 Å². The van der Waals surface area contributed by atoms with Gasteiger partial charge in [0.2, 0.25) is 15.9 Å². The number of hydrogen-bond acceptors (Lipinski definition) is 7. The lowest BCUT2D eigenvalue weighted by Gasteiger charge is -2.33. The highest BCUT2D eigenvalue weighted by Crippen LogP contribution is 2.22. The quantitative estimate of drug-likeness (QED) is 0.0670. The van der Waals surface area contributed by atoms with Crippen molar-refractivity contribution in [2.24, 2.45) is 11.7 Å². The number of piperidine rings is 1. The van der Waals surface area contributed by atoms with Crippen LogP contribution in [0.15, 0.2) is 71.6 Å². The molecule has 16 heteroatoms. The number of benzene rings is 3. The molecule has 14 nitrogen and oxygen atoms in total. The lowest BCUT2D eigenvalue weighted by atomic mass is 9.98. The molecule has 1 fully saturated rings. The number of fused-ring (bicyclic) bond motifs is 1. The van der Waals surface area contributed by atoms with E-state index in [1.54, 1.807) is 29.2 Å². The van der Waals surface area contributed by atoms with Crippen LogP contribution in [-0.2, 0) is 32.6 Å². The van der Waals surface area contributed by atoms with Gasteiger partial charge < -0.3 is 16.0 Å². The third-order valence-electron chi connectivity index (χ3n) is 6.68. The first-order chi connectivity index (χ1) is 19.9. The minimum Gasteiger partial charge on any atom is -0.370 e. The molecular formula is C26H32N6O8S2. The number of carbonyl (C=O) groups is 1. The summed E-state index contributed by atoms with van der Waals surface area (Å²) in [6.45, 7) is 1.44. The van der Waals surface area contributed by atoms with Crippen molar-refractivity contribution in [1.82, 2.24) is 14.9 Å². The molecule has 0 bridgehead atoms. The zero-order valence-electron chi connectivity index (χ0n) is 22.4. The number of nitrogens with zero attached hydrogens (tertiary/aromatic N) is 2. The summed E-state index contributed by atoms with van der Waals surface area (Å²) in [5, 5.41) is 23.6. The van der Waals surface area contributed by atoms with E-state index >= 15 is 0 Å². The van der Waals surface area contributed by atoms with Crippen LogP contribution in [0.3, 0.4) is 0 Å². The van der Waals surface area contributed by atoms with E-state index in [9.17, 15) is 23.3 Å². The second kappa shape index (κ2) is 14.8. The number of guanidine groups is 1. The second-order valence-corrected chi connectivity index (χ2v) is 11.8. The van der Waals surface area contributed by atoms with Crippen LogP contribution in [0.1, 0.15) is 18.4 Å². The van der Waals surface area contributed by atoms with Crippen molar-refractivity contribution < 1.29 is 31.5 Å². The lowest BCUT2D eigenvalue weighted by Crippen LogP contribution is -2.51. The zero-order chi connectivity index (χ0) is 30.9. The van der Waals surface area contributed by atoms with E-state index < -0.39 is 38.3 Å². The molecule has 0 radical (unpaired) electrons. The van der Waals surface area contributed by atoms with Crippen molar-refractivity contribution in [3.8, 4) is 0 Å². The van der Waals surface area contributed by atoms with Crippen molar-refractivity contribution >= 4 is 49.7 Å². The van der Waals surface area contributed by atoms with Gasteiger partial charge in [0.05, 0.1) is 9.82 Å². The Hall–Kier alpha value is -3.96. The molecule has 0 saturated carbocycles. The lowest BCUT2D eigenvalue weighted by molar-refractivity contribution is -0.385. The van der Waals surface area contributed by atoms with Gasteiger partial charge in [0.1, 0.15) is 6.04 Å². The molecule has 1 saturated heterocycles. The second-order valence-electron chi connectivity index (χ2n) is 9.59. The molecule has 2 atom stereocenters. The summed E-state index contributed by atoms with van der Waals surface area (Å²) in [4.78, 5) is 26.0. The van der Waals surface area contributed by atoms with Crippen LogP contribution < -0.4 is 15.8 Å². The Morgan fingerprint density at radius 2 is 1.79 bits per heavy atom. The summed E-state index contributed by atoms with van der Waals surface area (Å²) in [6.07, 6.45) is 1.43. The molecule has 1 aliphatic rings. The predicted molar refractivity (Wildman–Crippen MR) is 157 cm³/mol. The molecule has 4 rings (SSSR count). The Morgan fingerprint density at radius 1 is 1.14 bits per heavy atom.